The first kappa shape index (κ1) is 7.82. The van der Waals surface area contributed by atoms with Crippen LogP contribution in [0.5, 0.6) is 0 Å². The molecule has 0 fully saturated rings. The van der Waals surface area contributed by atoms with Gasteiger partial charge in [0.1, 0.15) is 0 Å². The molecule has 0 bridgehead atoms. The third kappa shape index (κ3) is 2.15. The Morgan fingerprint density at radius 2 is 2.50 bits per heavy atom. The summed E-state index contributed by atoms with van der Waals surface area (Å²) in [5.41, 5.74) is 6.48. The molecule has 0 radical (unpaired) electrons. The standard InChI is InChI=1S/C6H9ClN2S/c7-3-1-2-5-4-10-6(8)9-5/h4H,1-3H2,(H2,8,9). The molecule has 0 unspecified atom stereocenters. The fraction of sp³-hybridized carbons (Fsp3) is 0.500. The Balaban J connectivity index is 2.42. The topological polar surface area (TPSA) is 38.9 Å². The highest BCUT2D eigenvalue weighted by molar-refractivity contribution is 7.13. The Morgan fingerprint density at radius 1 is 1.70 bits per heavy atom. The quantitative estimate of drug-likeness (QED) is 0.715. The maximum atomic E-state index is 5.50. The molecule has 0 aliphatic heterocycles. The first-order chi connectivity index (χ1) is 4.83. The summed E-state index contributed by atoms with van der Waals surface area (Å²) in [5, 5.41) is 2.62. The van der Waals surface area contributed by atoms with E-state index in [1.807, 2.05) is 5.38 Å². The predicted molar refractivity (Wildman–Crippen MR) is 45.6 cm³/mol. The van der Waals surface area contributed by atoms with Crippen LogP contribution in [0.15, 0.2) is 5.38 Å². The molecule has 56 valence electrons. The normalized spacial score (nSPS) is 10.1. The van der Waals surface area contributed by atoms with Gasteiger partial charge in [0.15, 0.2) is 5.13 Å². The summed E-state index contributed by atoms with van der Waals surface area (Å²) in [6.07, 6.45) is 1.92. The van der Waals surface area contributed by atoms with Gasteiger partial charge in [0.25, 0.3) is 0 Å². The Kier molecular flexibility index (Phi) is 2.96. The van der Waals surface area contributed by atoms with Crippen molar-refractivity contribution in [2.75, 3.05) is 11.6 Å². The van der Waals surface area contributed by atoms with Crippen molar-refractivity contribution in [3.05, 3.63) is 11.1 Å². The van der Waals surface area contributed by atoms with Gasteiger partial charge in [-0.25, -0.2) is 4.98 Å². The lowest BCUT2D eigenvalue weighted by Gasteiger charge is -1.89. The third-order valence-corrected chi connectivity index (χ3v) is 2.13. The van der Waals surface area contributed by atoms with E-state index in [-0.39, 0.29) is 0 Å². The number of anilines is 1. The maximum Gasteiger partial charge on any atom is 0.180 e. The van der Waals surface area contributed by atoms with E-state index in [0.717, 1.165) is 18.5 Å². The number of halogens is 1. The van der Waals surface area contributed by atoms with E-state index in [4.69, 9.17) is 17.3 Å². The summed E-state index contributed by atoms with van der Waals surface area (Å²) in [7, 11) is 0. The van der Waals surface area contributed by atoms with Crippen LogP contribution < -0.4 is 5.73 Å². The number of aromatic nitrogens is 1. The summed E-state index contributed by atoms with van der Waals surface area (Å²) in [5.74, 6) is 0.692. The Labute approximate surface area is 69.0 Å². The molecule has 1 aromatic heterocycles. The van der Waals surface area contributed by atoms with E-state index in [1.54, 1.807) is 0 Å². The van der Waals surface area contributed by atoms with Gasteiger partial charge in [0, 0.05) is 11.3 Å². The van der Waals surface area contributed by atoms with Gasteiger partial charge in [-0.15, -0.1) is 22.9 Å². The predicted octanol–water partition coefficient (Wildman–Crippen LogP) is 1.90. The molecule has 0 saturated carbocycles. The molecule has 0 saturated heterocycles. The van der Waals surface area contributed by atoms with Crippen LogP contribution in [0.4, 0.5) is 5.13 Å². The van der Waals surface area contributed by atoms with Gasteiger partial charge < -0.3 is 5.73 Å². The van der Waals surface area contributed by atoms with Gasteiger partial charge >= 0.3 is 0 Å². The zero-order chi connectivity index (χ0) is 7.40. The highest BCUT2D eigenvalue weighted by Crippen LogP contribution is 2.12. The van der Waals surface area contributed by atoms with E-state index in [9.17, 15) is 0 Å². The van der Waals surface area contributed by atoms with E-state index in [0.29, 0.717) is 11.0 Å². The van der Waals surface area contributed by atoms with Gasteiger partial charge in [-0.2, -0.15) is 0 Å². The van der Waals surface area contributed by atoms with Crippen molar-refractivity contribution in [1.29, 1.82) is 0 Å². The van der Waals surface area contributed by atoms with Crippen molar-refractivity contribution >= 4 is 28.1 Å². The largest absolute Gasteiger partial charge is 0.375 e. The lowest BCUT2D eigenvalue weighted by molar-refractivity contribution is 0.900. The Morgan fingerprint density at radius 3 is 3.00 bits per heavy atom. The van der Waals surface area contributed by atoms with E-state index in [2.05, 4.69) is 4.98 Å². The van der Waals surface area contributed by atoms with E-state index >= 15 is 0 Å². The fourth-order valence-corrected chi connectivity index (χ4v) is 1.42. The lowest BCUT2D eigenvalue weighted by atomic mass is 10.3. The average Bonchev–Trinajstić information content (AvgIpc) is 2.31. The number of thiazole rings is 1. The third-order valence-electron chi connectivity index (χ3n) is 1.14. The van der Waals surface area contributed by atoms with Gasteiger partial charge in [-0.1, -0.05) is 0 Å². The number of nitrogens with zero attached hydrogens (tertiary/aromatic N) is 1. The van der Waals surface area contributed by atoms with Crippen LogP contribution in [0.3, 0.4) is 0 Å². The summed E-state index contributed by atoms with van der Waals surface area (Å²) >= 11 is 6.98. The van der Waals surface area contributed by atoms with Crippen LogP contribution in [-0.2, 0) is 6.42 Å². The highest BCUT2D eigenvalue weighted by Gasteiger charge is 1.96. The summed E-state index contributed by atoms with van der Waals surface area (Å²) in [4.78, 5) is 4.09. The lowest BCUT2D eigenvalue weighted by Crippen LogP contribution is -1.87. The molecule has 4 heteroatoms. The summed E-state index contributed by atoms with van der Waals surface area (Å²) in [6, 6.07) is 0. The molecule has 1 rings (SSSR count). The zero-order valence-electron chi connectivity index (χ0n) is 5.51. The Bertz CT molecular complexity index is 199. The van der Waals surface area contributed by atoms with Gasteiger partial charge in [0.05, 0.1) is 5.69 Å². The number of nitrogens with two attached hydrogens (primary N) is 1. The molecule has 2 nitrogen and oxygen atoms in total. The molecule has 0 aromatic carbocycles. The van der Waals surface area contributed by atoms with Gasteiger partial charge in [-0.3, -0.25) is 0 Å². The number of alkyl halides is 1. The fourth-order valence-electron chi connectivity index (χ4n) is 0.685. The molecule has 2 N–H and O–H groups in total. The monoisotopic (exact) mass is 176 g/mol. The van der Waals surface area contributed by atoms with Crippen LogP contribution in [0.1, 0.15) is 12.1 Å². The number of hydrogen-bond acceptors (Lipinski definition) is 3. The molecule has 1 aromatic rings. The molecule has 0 aliphatic rings. The first-order valence-corrected chi connectivity index (χ1v) is 4.50. The summed E-state index contributed by atoms with van der Waals surface area (Å²) in [6.45, 7) is 0. The number of nitrogen functional groups attached to an aromatic ring is 1. The first-order valence-electron chi connectivity index (χ1n) is 3.09. The number of aryl methyl sites for hydroxylation is 1. The maximum absolute atomic E-state index is 5.50. The van der Waals surface area contributed by atoms with Crippen molar-refractivity contribution in [3.63, 3.8) is 0 Å². The van der Waals surface area contributed by atoms with Crippen molar-refractivity contribution < 1.29 is 0 Å². The molecule has 1 heterocycles. The molecular formula is C6H9ClN2S. The van der Waals surface area contributed by atoms with E-state index in [1.165, 1.54) is 11.3 Å². The summed E-state index contributed by atoms with van der Waals surface area (Å²) < 4.78 is 0. The van der Waals surface area contributed by atoms with Crippen LogP contribution in [0.25, 0.3) is 0 Å². The molecule has 0 atom stereocenters. The molecule has 0 amide bonds. The molecular weight excluding hydrogens is 168 g/mol. The minimum absolute atomic E-state index is 0.643. The molecule has 0 aliphatic carbocycles. The van der Waals surface area contributed by atoms with Crippen molar-refractivity contribution in [2.24, 2.45) is 0 Å². The van der Waals surface area contributed by atoms with Crippen LogP contribution >= 0.6 is 22.9 Å². The second-order valence-electron chi connectivity index (χ2n) is 1.97. The van der Waals surface area contributed by atoms with Crippen molar-refractivity contribution in [3.8, 4) is 0 Å². The number of hydrogen-bond donors (Lipinski definition) is 1. The minimum Gasteiger partial charge on any atom is -0.375 e. The van der Waals surface area contributed by atoms with Crippen LogP contribution in [0.2, 0.25) is 0 Å². The Hall–Kier alpha value is -0.280. The van der Waals surface area contributed by atoms with Crippen molar-refractivity contribution in [1.82, 2.24) is 4.98 Å². The van der Waals surface area contributed by atoms with Crippen LogP contribution in [-0.4, -0.2) is 10.9 Å². The second kappa shape index (κ2) is 3.78. The number of rotatable bonds is 3. The second-order valence-corrected chi connectivity index (χ2v) is 3.24. The smallest absolute Gasteiger partial charge is 0.180 e. The molecule has 10 heavy (non-hydrogen) atoms. The average molecular weight is 177 g/mol. The van der Waals surface area contributed by atoms with E-state index < -0.39 is 0 Å². The SMILES string of the molecule is Nc1nc(CCCCl)cs1. The molecule has 0 spiro atoms. The minimum atomic E-state index is 0.643. The highest BCUT2D eigenvalue weighted by atomic mass is 35.5. The van der Waals surface area contributed by atoms with Gasteiger partial charge in [0.2, 0.25) is 0 Å². The van der Waals surface area contributed by atoms with Gasteiger partial charge in [-0.05, 0) is 12.8 Å². The van der Waals surface area contributed by atoms with Crippen LogP contribution in [0, 0.1) is 0 Å². The van der Waals surface area contributed by atoms with Crippen molar-refractivity contribution in [2.45, 2.75) is 12.8 Å². The zero-order valence-corrected chi connectivity index (χ0v) is 7.08.